The normalized spacial score (nSPS) is 11.4. The molecule has 0 saturated heterocycles. The Hall–Kier alpha value is -2.09. The Labute approximate surface area is 121 Å². The highest BCUT2D eigenvalue weighted by Gasteiger charge is 2.30. The Morgan fingerprint density at radius 1 is 1.19 bits per heavy atom. The third-order valence-corrected chi connectivity index (χ3v) is 3.31. The first-order valence-electron chi connectivity index (χ1n) is 5.64. The lowest BCUT2D eigenvalue weighted by Gasteiger charge is -2.08. The highest BCUT2D eigenvalue weighted by Crippen LogP contribution is 2.27. The van der Waals surface area contributed by atoms with Crippen LogP contribution in [0.2, 0.25) is 0 Å². The van der Waals surface area contributed by atoms with Crippen molar-refractivity contribution in [2.24, 2.45) is 0 Å². The van der Waals surface area contributed by atoms with E-state index in [4.69, 9.17) is 9.52 Å². The number of carbonyl (C=O) groups is 1. The number of hydrogen-bond acceptors (Lipinski definition) is 4. The molecule has 8 heteroatoms. The van der Waals surface area contributed by atoms with Gasteiger partial charge in [0.2, 0.25) is 5.76 Å². The van der Waals surface area contributed by atoms with Crippen LogP contribution in [0.15, 0.2) is 45.9 Å². The van der Waals surface area contributed by atoms with Crippen LogP contribution in [0.5, 0.6) is 5.75 Å². The Balaban J connectivity index is 1.92. The lowest BCUT2D eigenvalue weighted by atomic mass is 10.2. The molecule has 2 rings (SSSR count). The number of halogens is 3. The van der Waals surface area contributed by atoms with Crippen molar-refractivity contribution in [1.82, 2.24) is 0 Å². The molecule has 0 fully saturated rings. The number of furan rings is 1. The summed E-state index contributed by atoms with van der Waals surface area (Å²) in [6.45, 7) is 0. The first kappa shape index (κ1) is 15.3. The molecule has 1 N–H and O–H groups in total. The molecule has 0 aliphatic rings. The minimum atomic E-state index is -4.71. The van der Waals surface area contributed by atoms with Crippen LogP contribution in [0, 0.1) is 0 Å². The predicted molar refractivity (Wildman–Crippen MR) is 68.4 cm³/mol. The second-order valence-corrected chi connectivity index (χ2v) is 4.88. The molecule has 0 unspecified atom stereocenters. The van der Waals surface area contributed by atoms with Gasteiger partial charge in [0.1, 0.15) is 5.75 Å². The van der Waals surface area contributed by atoms with Gasteiger partial charge in [-0.15, -0.1) is 13.2 Å². The third-order valence-electron chi connectivity index (χ3n) is 2.33. The van der Waals surface area contributed by atoms with Crippen molar-refractivity contribution in [2.75, 3.05) is 0 Å². The summed E-state index contributed by atoms with van der Waals surface area (Å²) in [6.07, 6.45) is -4.71. The molecule has 4 nitrogen and oxygen atoms in total. The summed E-state index contributed by atoms with van der Waals surface area (Å²) in [7, 11) is 0. The molecule has 1 aromatic carbocycles. The highest BCUT2D eigenvalue weighted by molar-refractivity contribution is 7.98. The molecule has 1 heterocycles. The van der Waals surface area contributed by atoms with E-state index < -0.39 is 12.3 Å². The topological polar surface area (TPSA) is 59.7 Å². The molecule has 0 atom stereocenters. The maximum Gasteiger partial charge on any atom is 0.573 e. The molecule has 0 radical (unpaired) electrons. The van der Waals surface area contributed by atoms with E-state index in [0.717, 1.165) is 5.56 Å². The zero-order valence-electron chi connectivity index (χ0n) is 10.4. The van der Waals surface area contributed by atoms with Gasteiger partial charge < -0.3 is 14.3 Å². The van der Waals surface area contributed by atoms with E-state index in [2.05, 4.69) is 4.74 Å². The van der Waals surface area contributed by atoms with Crippen molar-refractivity contribution in [1.29, 1.82) is 0 Å². The average molecular weight is 318 g/mol. The van der Waals surface area contributed by atoms with Crippen molar-refractivity contribution in [3.63, 3.8) is 0 Å². The number of thioether (sulfide) groups is 1. The molecule has 112 valence electrons. The highest BCUT2D eigenvalue weighted by atomic mass is 32.2. The number of aromatic carboxylic acids is 1. The molecule has 21 heavy (non-hydrogen) atoms. The minimum Gasteiger partial charge on any atom is -0.475 e. The summed E-state index contributed by atoms with van der Waals surface area (Å²) >= 11 is 1.24. The van der Waals surface area contributed by atoms with Gasteiger partial charge in [-0.1, -0.05) is 23.9 Å². The van der Waals surface area contributed by atoms with Crippen molar-refractivity contribution >= 4 is 17.7 Å². The van der Waals surface area contributed by atoms with E-state index in [0.29, 0.717) is 10.8 Å². The predicted octanol–water partition coefficient (Wildman–Crippen LogP) is 4.17. The second kappa shape index (κ2) is 6.13. The zero-order valence-corrected chi connectivity index (χ0v) is 11.2. The smallest absolute Gasteiger partial charge is 0.475 e. The van der Waals surface area contributed by atoms with E-state index in [-0.39, 0.29) is 11.5 Å². The van der Waals surface area contributed by atoms with Crippen LogP contribution in [-0.2, 0) is 5.75 Å². The molecular formula is C13H9F3O4S. The van der Waals surface area contributed by atoms with Gasteiger partial charge in [-0.2, -0.15) is 0 Å². The van der Waals surface area contributed by atoms with Crippen molar-refractivity contribution < 1.29 is 32.2 Å². The lowest BCUT2D eigenvalue weighted by Crippen LogP contribution is -2.16. The fraction of sp³-hybridized carbons (Fsp3) is 0.154. The third kappa shape index (κ3) is 4.75. The van der Waals surface area contributed by atoms with E-state index in [9.17, 15) is 18.0 Å². The summed E-state index contributed by atoms with van der Waals surface area (Å²) in [5.74, 6) is -1.18. The number of ether oxygens (including phenoxy) is 1. The van der Waals surface area contributed by atoms with E-state index in [1.807, 2.05) is 0 Å². The van der Waals surface area contributed by atoms with Crippen molar-refractivity contribution in [3.8, 4) is 5.75 Å². The molecule has 0 aliphatic heterocycles. The summed E-state index contributed by atoms with van der Waals surface area (Å²) in [5, 5.41) is 9.12. The van der Waals surface area contributed by atoms with Gasteiger partial charge >= 0.3 is 12.3 Å². The quantitative estimate of drug-likeness (QED) is 0.839. The van der Waals surface area contributed by atoms with Crippen LogP contribution in [-0.4, -0.2) is 17.4 Å². The number of alkyl halides is 3. The van der Waals surface area contributed by atoms with Gasteiger partial charge in [0.25, 0.3) is 0 Å². The Morgan fingerprint density at radius 2 is 1.86 bits per heavy atom. The summed E-state index contributed by atoms with van der Waals surface area (Å²) in [4.78, 5) is 10.6. The number of rotatable bonds is 5. The molecule has 1 aromatic heterocycles. The Kier molecular flexibility index (Phi) is 4.46. The number of carboxylic acid groups (broad SMARTS) is 1. The number of carboxylic acids is 1. The molecule has 0 spiro atoms. The van der Waals surface area contributed by atoms with Gasteiger partial charge in [-0.05, 0) is 29.8 Å². The molecule has 0 bridgehead atoms. The minimum absolute atomic E-state index is 0.161. The zero-order chi connectivity index (χ0) is 15.5. The van der Waals surface area contributed by atoms with Gasteiger partial charge in [-0.3, -0.25) is 0 Å². The second-order valence-electron chi connectivity index (χ2n) is 3.90. The Morgan fingerprint density at radius 3 is 2.38 bits per heavy atom. The van der Waals surface area contributed by atoms with Crippen LogP contribution in [0.1, 0.15) is 16.1 Å². The van der Waals surface area contributed by atoms with Crippen molar-refractivity contribution in [3.05, 3.63) is 47.7 Å². The largest absolute Gasteiger partial charge is 0.573 e. The van der Waals surface area contributed by atoms with E-state index in [1.54, 1.807) is 0 Å². The van der Waals surface area contributed by atoms with E-state index in [1.165, 1.54) is 48.2 Å². The maximum absolute atomic E-state index is 12.0. The summed E-state index contributed by atoms with van der Waals surface area (Å²) in [5.41, 5.74) is 0.753. The first-order valence-corrected chi connectivity index (χ1v) is 6.63. The molecule has 0 aliphatic carbocycles. The number of hydrogen-bond donors (Lipinski definition) is 1. The van der Waals surface area contributed by atoms with Crippen LogP contribution >= 0.6 is 11.8 Å². The maximum atomic E-state index is 12.0. The van der Waals surface area contributed by atoms with Gasteiger partial charge in [0, 0.05) is 5.75 Å². The summed E-state index contributed by atoms with van der Waals surface area (Å²) in [6, 6.07) is 8.28. The van der Waals surface area contributed by atoms with Gasteiger partial charge in [-0.25, -0.2) is 4.79 Å². The van der Waals surface area contributed by atoms with Crippen molar-refractivity contribution in [2.45, 2.75) is 17.2 Å². The molecule has 0 saturated carbocycles. The SMILES string of the molecule is O=C(O)c1ccc(SCc2ccc(OC(F)(F)F)cc2)o1. The standard InChI is InChI=1S/C13H9F3O4S/c14-13(15,16)20-9-3-1-8(2-4-9)7-21-11-6-5-10(19-11)12(17)18/h1-6H,7H2,(H,17,18). The van der Waals surface area contributed by atoms with Gasteiger partial charge in [0.05, 0.1) is 0 Å². The summed E-state index contributed by atoms with van der Waals surface area (Å²) < 4.78 is 44.8. The average Bonchev–Trinajstić information content (AvgIpc) is 2.85. The fourth-order valence-electron chi connectivity index (χ4n) is 1.45. The monoisotopic (exact) mass is 318 g/mol. The molecular weight excluding hydrogens is 309 g/mol. The lowest BCUT2D eigenvalue weighted by molar-refractivity contribution is -0.274. The van der Waals surface area contributed by atoms with Crippen LogP contribution in [0.25, 0.3) is 0 Å². The van der Waals surface area contributed by atoms with Crippen LogP contribution in [0.3, 0.4) is 0 Å². The van der Waals surface area contributed by atoms with E-state index >= 15 is 0 Å². The van der Waals surface area contributed by atoms with Crippen LogP contribution in [0.4, 0.5) is 13.2 Å². The molecule has 0 amide bonds. The number of benzene rings is 1. The molecule has 2 aromatic rings. The van der Waals surface area contributed by atoms with Gasteiger partial charge in [0.15, 0.2) is 5.09 Å². The first-order chi connectivity index (χ1) is 9.83. The fourth-order valence-corrected chi connectivity index (χ4v) is 2.27. The Bertz CT molecular complexity index is 619. The van der Waals surface area contributed by atoms with Crippen LogP contribution < -0.4 is 4.74 Å².